The first-order chi connectivity index (χ1) is 9.58. The molecule has 0 saturated carbocycles. The molecule has 1 atom stereocenters. The predicted molar refractivity (Wildman–Crippen MR) is 82.5 cm³/mol. The largest absolute Gasteiger partial charge is 0.493 e. The van der Waals surface area contributed by atoms with Gasteiger partial charge in [0, 0.05) is 10.5 Å². The van der Waals surface area contributed by atoms with Gasteiger partial charge in [0.2, 0.25) is 0 Å². The SMILES string of the molecule is COc1cnn(C(C)C)c1C(NN)c1cccc(Br)c1. The van der Waals surface area contributed by atoms with Crippen molar-refractivity contribution in [1.29, 1.82) is 0 Å². The van der Waals surface area contributed by atoms with E-state index in [1.54, 1.807) is 13.3 Å². The summed E-state index contributed by atoms with van der Waals surface area (Å²) in [7, 11) is 1.64. The van der Waals surface area contributed by atoms with Crippen LogP contribution in [0.25, 0.3) is 0 Å². The highest BCUT2D eigenvalue weighted by Crippen LogP contribution is 2.32. The maximum Gasteiger partial charge on any atom is 0.161 e. The van der Waals surface area contributed by atoms with Gasteiger partial charge in [-0.15, -0.1) is 0 Å². The van der Waals surface area contributed by atoms with Crippen LogP contribution in [0.1, 0.15) is 37.2 Å². The van der Waals surface area contributed by atoms with E-state index in [0.717, 1.165) is 21.5 Å². The summed E-state index contributed by atoms with van der Waals surface area (Å²) in [4.78, 5) is 0. The number of benzene rings is 1. The average molecular weight is 339 g/mol. The number of halogens is 1. The van der Waals surface area contributed by atoms with E-state index in [2.05, 4.69) is 40.3 Å². The van der Waals surface area contributed by atoms with E-state index >= 15 is 0 Å². The predicted octanol–water partition coefficient (Wildman–Crippen LogP) is 2.79. The second-order valence-electron chi connectivity index (χ2n) is 4.79. The van der Waals surface area contributed by atoms with E-state index in [9.17, 15) is 0 Å². The number of hydrogen-bond donors (Lipinski definition) is 2. The van der Waals surface area contributed by atoms with E-state index in [0.29, 0.717) is 0 Å². The average Bonchev–Trinajstić information content (AvgIpc) is 2.84. The van der Waals surface area contributed by atoms with Crippen molar-refractivity contribution < 1.29 is 4.74 Å². The lowest BCUT2D eigenvalue weighted by atomic mass is 10.0. The third kappa shape index (κ3) is 2.87. The summed E-state index contributed by atoms with van der Waals surface area (Å²) in [5.74, 6) is 6.50. The van der Waals surface area contributed by atoms with Gasteiger partial charge in [0.1, 0.15) is 5.69 Å². The van der Waals surface area contributed by atoms with E-state index in [1.165, 1.54) is 0 Å². The lowest BCUT2D eigenvalue weighted by molar-refractivity contribution is 0.394. The van der Waals surface area contributed by atoms with Crippen molar-refractivity contribution in [3.63, 3.8) is 0 Å². The molecule has 0 fully saturated rings. The highest BCUT2D eigenvalue weighted by molar-refractivity contribution is 9.10. The Balaban J connectivity index is 2.54. The van der Waals surface area contributed by atoms with Crippen LogP contribution in [0.5, 0.6) is 5.75 Å². The molecule has 1 unspecified atom stereocenters. The van der Waals surface area contributed by atoms with Crippen LogP contribution in [0.3, 0.4) is 0 Å². The van der Waals surface area contributed by atoms with Crippen LogP contribution in [0.2, 0.25) is 0 Å². The third-order valence-electron chi connectivity index (χ3n) is 3.13. The third-order valence-corrected chi connectivity index (χ3v) is 3.62. The van der Waals surface area contributed by atoms with Gasteiger partial charge in [-0.1, -0.05) is 28.1 Å². The van der Waals surface area contributed by atoms with Crippen molar-refractivity contribution in [2.45, 2.75) is 25.9 Å². The highest BCUT2D eigenvalue weighted by atomic mass is 79.9. The van der Waals surface area contributed by atoms with Crippen LogP contribution in [-0.4, -0.2) is 16.9 Å². The zero-order valence-corrected chi connectivity index (χ0v) is 13.4. The first-order valence-corrected chi connectivity index (χ1v) is 7.20. The monoisotopic (exact) mass is 338 g/mol. The highest BCUT2D eigenvalue weighted by Gasteiger charge is 2.24. The van der Waals surface area contributed by atoms with Gasteiger partial charge in [-0.05, 0) is 31.5 Å². The molecule has 0 spiro atoms. The first-order valence-electron chi connectivity index (χ1n) is 6.41. The van der Waals surface area contributed by atoms with Gasteiger partial charge in [0.05, 0.1) is 19.3 Å². The number of hydrazine groups is 1. The summed E-state index contributed by atoms with van der Waals surface area (Å²) in [5, 5.41) is 4.39. The molecule has 0 radical (unpaired) electrons. The zero-order valence-electron chi connectivity index (χ0n) is 11.8. The molecule has 1 aromatic carbocycles. The summed E-state index contributed by atoms with van der Waals surface area (Å²) in [5.41, 5.74) is 4.82. The Hall–Kier alpha value is -1.37. The van der Waals surface area contributed by atoms with Gasteiger partial charge in [0.15, 0.2) is 5.75 Å². The minimum absolute atomic E-state index is 0.188. The van der Waals surface area contributed by atoms with Gasteiger partial charge < -0.3 is 4.74 Å². The lowest BCUT2D eigenvalue weighted by Gasteiger charge is -2.21. The fourth-order valence-corrected chi connectivity index (χ4v) is 2.64. The summed E-state index contributed by atoms with van der Waals surface area (Å²) in [6, 6.07) is 8.04. The lowest BCUT2D eigenvalue weighted by Crippen LogP contribution is -2.31. The van der Waals surface area contributed by atoms with Crippen molar-refractivity contribution >= 4 is 15.9 Å². The van der Waals surface area contributed by atoms with E-state index in [4.69, 9.17) is 10.6 Å². The maximum atomic E-state index is 5.78. The zero-order chi connectivity index (χ0) is 14.7. The molecule has 5 nitrogen and oxygen atoms in total. The van der Waals surface area contributed by atoms with Crippen molar-refractivity contribution in [1.82, 2.24) is 15.2 Å². The standard InChI is InChI=1S/C14H19BrN4O/c1-9(2)19-14(12(20-3)8-17-19)13(18-16)10-5-4-6-11(15)7-10/h4-9,13,18H,16H2,1-3H3. The Morgan fingerprint density at radius 1 is 1.40 bits per heavy atom. The Kier molecular flexibility index (Phi) is 4.80. The molecule has 1 aromatic heterocycles. The van der Waals surface area contributed by atoms with Crippen LogP contribution in [-0.2, 0) is 0 Å². The molecular formula is C14H19BrN4O. The Morgan fingerprint density at radius 2 is 2.15 bits per heavy atom. The smallest absolute Gasteiger partial charge is 0.161 e. The van der Waals surface area contributed by atoms with E-state index in [-0.39, 0.29) is 12.1 Å². The number of methoxy groups -OCH3 is 1. The molecule has 1 heterocycles. The van der Waals surface area contributed by atoms with Gasteiger partial charge >= 0.3 is 0 Å². The number of rotatable bonds is 5. The molecule has 0 bridgehead atoms. The van der Waals surface area contributed by atoms with Crippen molar-refractivity contribution in [2.24, 2.45) is 5.84 Å². The molecule has 2 rings (SSSR count). The van der Waals surface area contributed by atoms with Crippen LogP contribution >= 0.6 is 15.9 Å². The number of ether oxygens (including phenoxy) is 1. The minimum atomic E-state index is -0.188. The van der Waals surface area contributed by atoms with Gasteiger partial charge in [-0.25, -0.2) is 5.43 Å². The van der Waals surface area contributed by atoms with Crippen molar-refractivity contribution in [3.05, 3.63) is 46.2 Å². The number of nitrogens with zero attached hydrogens (tertiary/aromatic N) is 2. The van der Waals surface area contributed by atoms with Gasteiger partial charge in [-0.2, -0.15) is 5.10 Å². The van der Waals surface area contributed by atoms with Crippen LogP contribution in [0.15, 0.2) is 34.9 Å². The van der Waals surface area contributed by atoms with Crippen LogP contribution < -0.4 is 16.0 Å². The fourth-order valence-electron chi connectivity index (χ4n) is 2.22. The Labute approximate surface area is 127 Å². The van der Waals surface area contributed by atoms with Crippen LogP contribution in [0, 0.1) is 0 Å². The second-order valence-corrected chi connectivity index (χ2v) is 5.71. The molecule has 2 aromatic rings. The van der Waals surface area contributed by atoms with Gasteiger partial charge in [0.25, 0.3) is 0 Å². The van der Waals surface area contributed by atoms with Crippen molar-refractivity contribution in [2.75, 3.05) is 7.11 Å². The van der Waals surface area contributed by atoms with E-state index in [1.807, 2.05) is 28.9 Å². The molecule has 0 saturated heterocycles. The minimum Gasteiger partial charge on any atom is -0.493 e. The Bertz CT molecular complexity index is 582. The van der Waals surface area contributed by atoms with E-state index < -0.39 is 0 Å². The summed E-state index contributed by atoms with van der Waals surface area (Å²) in [6.45, 7) is 4.15. The fraction of sp³-hybridized carbons (Fsp3) is 0.357. The Morgan fingerprint density at radius 3 is 2.70 bits per heavy atom. The topological polar surface area (TPSA) is 65.1 Å². The number of nitrogens with two attached hydrogens (primary N) is 1. The summed E-state index contributed by atoms with van der Waals surface area (Å²) in [6.07, 6.45) is 1.72. The molecule has 0 aliphatic carbocycles. The summed E-state index contributed by atoms with van der Waals surface area (Å²) >= 11 is 3.48. The molecule has 108 valence electrons. The number of nitrogens with one attached hydrogen (secondary N) is 1. The van der Waals surface area contributed by atoms with Crippen LogP contribution in [0.4, 0.5) is 0 Å². The number of aromatic nitrogens is 2. The normalized spacial score (nSPS) is 12.7. The molecule has 20 heavy (non-hydrogen) atoms. The molecule has 0 aliphatic heterocycles. The quantitative estimate of drug-likeness (QED) is 0.649. The molecule has 3 N–H and O–H groups in total. The second kappa shape index (κ2) is 6.39. The molecule has 6 heteroatoms. The maximum absolute atomic E-state index is 5.78. The molecular weight excluding hydrogens is 320 g/mol. The van der Waals surface area contributed by atoms with Crippen molar-refractivity contribution in [3.8, 4) is 5.75 Å². The van der Waals surface area contributed by atoms with Gasteiger partial charge in [-0.3, -0.25) is 10.5 Å². The first kappa shape index (κ1) is 15.0. The number of hydrogen-bond acceptors (Lipinski definition) is 4. The molecule has 0 aliphatic rings. The summed E-state index contributed by atoms with van der Waals surface area (Å²) < 4.78 is 8.35. The molecule has 0 amide bonds.